The largest absolute Gasteiger partial charge is 0.478 e. The van der Waals surface area contributed by atoms with Gasteiger partial charge in [-0.1, -0.05) is 42.5 Å². The Balaban J connectivity index is 1.52. The maximum absolute atomic E-state index is 13.5. The number of carbonyl (C=O) groups is 2. The molecular weight excluding hydrogens is 526 g/mol. The number of aromatic carboxylic acids is 1. The fourth-order valence-electron chi connectivity index (χ4n) is 4.41. The Bertz CT molecular complexity index is 1710. The van der Waals surface area contributed by atoms with Gasteiger partial charge in [-0.05, 0) is 53.1 Å². The molecule has 5 aromatic rings. The van der Waals surface area contributed by atoms with Crippen molar-refractivity contribution in [3.8, 4) is 11.1 Å². The minimum absolute atomic E-state index is 0.0975. The molecule has 0 aliphatic carbocycles. The Morgan fingerprint density at radius 1 is 0.900 bits per heavy atom. The molecule has 0 saturated carbocycles. The average molecular weight is 548 g/mol. The van der Waals surface area contributed by atoms with Crippen LogP contribution in [0.3, 0.4) is 0 Å². The third-order valence-electron chi connectivity index (χ3n) is 6.41. The van der Waals surface area contributed by atoms with Crippen LogP contribution in [0.2, 0.25) is 0 Å². The third kappa shape index (κ3) is 5.70. The quantitative estimate of drug-likeness (QED) is 0.232. The maximum Gasteiger partial charge on any atom is 0.416 e. The molecule has 6 nitrogen and oxygen atoms in total. The van der Waals surface area contributed by atoms with Crippen LogP contribution >= 0.6 is 0 Å². The summed E-state index contributed by atoms with van der Waals surface area (Å²) in [6.07, 6.45) is -1.22. The fraction of sp³-hybridized carbons (Fsp3) is 0.100. The first-order valence-electron chi connectivity index (χ1n) is 12.1. The number of amides is 1. The number of carboxylic acids is 1. The van der Waals surface area contributed by atoms with E-state index in [1.165, 1.54) is 41.0 Å². The lowest BCUT2D eigenvalue weighted by Gasteiger charge is -2.12. The van der Waals surface area contributed by atoms with Crippen molar-refractivity contribution in [3.05, 3.63) is 130 Å². The van der Waals surface area contributed by atoms with Gasteiger partial charge in [0, 0.05) is 30.3 Å². The number of alkyl halides is 3. The van der Waals surface area contributed by atoms with Gasteiger partial charge >= 0.3 is 12.1 Å². The highest BCUT2D eigenvalue weighted by Gasteiger charge is 2.30. The molecule has 0 atom stereocenters. The summed E-state index contributed by atoms with van der Waals surface area (Å²) < 4.78 is 54.8. The van der Waals surface area contributed by atoms with Gasteiger partial charge in [-0.3, -0.25) is 4.79 Å². The van der Waals surface area contributed by atoms with Gasteiger partial charge in [-0.15, -0.1) is 0 Å². The second-order valence-electron chi connectivity index (χ2n) is 9.17. The molecule has 1 amide bonds. The van der Waals surface area contributed by atoms with Crippen molar-refractivity contribution in [2.45, 2.75) is 19.1 Å². The van der Waals surface area contributed by atoms with E-state index < -0.39 is 29.4 Å². The summed E-state index contributed by atoms with van der Waals surface area (Å²) >= 11 is 0. The zero-order chi connectivity index (χ0) is 28.4. The van der Waals surface area contributed by atoms with Crippen LogP contribution in [0.25, 0.3) is 16.6 Å². The Labute approximate surface area is 225 Å². The van der Waals surface area contributed by atoms with Gasteiger partial charge in [0.05, 0.1) is 28.4 Å². The van der Waals surface area contributed by atoms with Gasteiger partial charge in [0.25, 0.3) is 5.91 Å². The lowest BCUT2D eigenvalue weighted by atomic mass is 9.99. The second kappa shape index (κ2) is 10.6. The van der Waals surface area contributed by atoms with Gasteiger partial charge in [0.15, 0.2) is 0 Å². The summed E-state index contributed by atoms with van der Waals surface area (Å²) in [4.78, 5) is 24.6. The van der Waals surface area contributed by atoms with Crippen molar-refractivity contribution < 1.29 is 32.3 Å². The fourth-order valence-corrected chi connectivity index (χ4v) is 4.41. The summed E-state index contributed by atoms with van der Waals surface area (Å²) in [5, 5.41) is 16.3. The van der Waals surface area contributed by atoms with Crippen LogP contribution in [0.1, 0.15) is 43.0 Å². The third-order valence-corrected chi connectivity index (χ3v) is 6.41. The topological polar surface area (TPSA) is 83.7 Å². The molecule has 5 rings (SSSR count). The number of aromatic nitrogens is 2. The average Bonchev–Trinajstić information content (AvgIpc) is 3.34. The molecule has 2 N–H and O–H groups in total. The number of pyridine rings is 1. The zero-order valence-electron chi connectivity index (χ0n) is 20.7. The normalized spacial score (nSPS) is 11.5. The zero-order valence-corrected chi connectivity index (χ0v) is 20.7. The highest BCUT2D eigenvalue weighted by atomic mass is 19.4. The van der Waals surface area contributed by atoms with Crippen molar-refractivity contribution in [2.24, 2.45) is 0 Å². The van der Waals surface area contributed by atoms with E-state index in [0.29, 0.717) is 33.3 Å². The number of carboxylic acid groups (broad SMARTS) is 1. The summed E-state index contributed by atoms with van der Waals surface area (Å²) in [5.41, 5.74) is 2.81. The van der Waals surface area contributed by atoms with Crippen molar-refractivity contribution >= 4 is 17.4 Å². The number of carbonyl (C=O) groups excluding carboxylic acids is 1. The Kier molecular flexibility index (Phi) is 7.08. The second-order valence-corrected chi connectivity index (χ2v) is 9.17. The predicted molar refractivity (Wildman–Crippen MR) is 139 cm³/mol. The monoisotopic (exact) mass is 547 g/mol. The molecule has 0 saturated heterocycles. The van der Waals surface area contributed by atoms with Crippen molar-refractivity contribution in [2.75, 3.05) is 0 Å². The smallest absolute Gasteiger partial charge is 0.416 e. The van der Waals surface area contributed by atoms with Crippen LogP contribution in [0.15, 0.2) is 91.3 Å². The Hall–Kier alpha value is -4.99. The first-order chi connectivity index (χ1) is 19.1. The first-order valence-corrected chi connectivity index (χ1v) is 12.1. The SMILES string of the molecule is O=C(O)c1ccc(CNC(=O)c2cc(-c3ccc(F)cc3)cn3ncc(Cc4cccc(C(F)(F)F)c4)c23)cc1. The molecule has 0 spiro atoms. The summed E-state index contributed by atoms with van der Waals surface area (Å²) in [6.45, 7) is 0.1000. The number of rotatable bonds is 7. The molecular formula is C30H21F4N3O3. The molecule has 3 aromatic carbocycles. The molecule has 202 valence electrons. The molecule has 2 aromatic heterocycles. The highest BCUT2D eigenvalue weighted by molar-refractivity contribution is 6.02. The molecule has 0 aliphatic rings. The molecule has 0 unspecified atom stereocenters. The van der Waals surface area contributed by atoms with Gasteiger partial charge in [0.2, 0.25) is 0 Å². The number of hydrogen-bond acceptors (Lipinski definition) is 3. The Morgan fingerprint density at radius 3 is 2.30 bits per heavy atom. The van der Waals surface area contributed by atoms with Gasteiger partial charge < -0.3 is 10.4 Å². The standard InChI is InChI=1S/C30H21F4N3O3/c31-25-10-8-20(9-11-25)23-14-26(28(38)35-15-18-4-6-21(7-5-18)29(39)40)27-22(16-36-37(27)17-23)12-19-2-1-3-24(13-19)30(32,33)34/h1-11,13-14,16-17H,12,15H2,(H,35,38)(H,39,40). The summed E-state index contributed by atoms with van der Waals surface area (Å²) in [6, 6.07) is 18.4. The predicted octanol–water partition coefficient (Wildman–Crippen LogP) is 6.38. The van der Waals surface area contributed by atoms with Crippen LogP contribution in [0.4, 0.5) is 17.6 Å². The van der Waals surface area contributed by atoms with E-state index in [2.05, 4.69) is 10.4 Å². The van der Waals surface area contributed by atoms with Crippen molar-refractivity contribution in [1.82, 2.24) is 14.9 Å². The van der Waals surface area contributed by atoms with Crippen LogP contribution in [-0.2, 0) is 19.1 Å². The van der Waals surface area contributed by atoms with Crippen molar-refractivity contribution in [3.63, 3.8) is 0 Å². The lowest BCUT2D eigenvalue weighted by Crippen LogP contribution is -2.24. The lowest BCUT2D eigenvalue weighted by molar-refractivity contribution is -0.137. The maximum atomic E-state index is 13.5. The number of nitrogens with one attached hydrogen (secondary N) is 1. The molecule has 0 radical (unpaired) electrons. The van der Waals surface area contributed by atoms with Gasteiger partial charge in [-0.2, -0.15) is 18.3 Å². The number of nitrogens with zero attached hydrogens (tertiary/aromatic N) is 2. The Morgan fingerprint density at radius 2 is 1.62 bits per heavy atom. The number of benzene rings is 3. The number of hydrogen-bond donors (Lipinski definition) is 2. The molecule has 0 fully saturated rings. The van der Waals surface area contributed by atoms with Crippen molar-refractivity contribution in [1.29, 1.82) is 0 Å². The van der Waals surface area contributed by atoms with Crippen LogP contribution in [0.5, 0.6) is 0 Å². The van der Waals surface area contributed by atoms with Gasteiger partial charge in [0.1, 0.15) is 5.82 Å². The van der Waals surface area contributed by atoms with E-state index in [0.717, 1.165) is 12.1 Å². The number of fused-ring (bicyclic) bond motifs is 1. The van der Waals surface area contributed by atoms with E-state index in [1.807, 2.05) is 0 Å². The summed E-state index contributed by atoms with van der Waals surface area (Å²) in [7, 11) is 0. The highest BCUT2D eigenvalue weighted by Crippen LogP contribution is 2.31. The first kappa shape index (κ1) is 26.6. The van der Waals surface area contributed by atoms with Crippen LogP contribution in [0, 0.1) is 5.82 Å². The van der Waals surface area contributed by atoms with E-state index in [4.69, 9.17) is 5.11 Å². The van der Waals surface area contributed by atoms with Gasteiger partial charge in [-0.25, -0.2) is 13.7 Å². The minimum atomic E-state index is -4.49. The van der Waals surface area contributed by atoms with Crippen LogP contribution < -0.4 is 5.32 Å². The molecule has 0 bridgehead atoms. The van der Waals surface area contributed by atoms with E-state index in [9.17, 15) is 27.2 Å². The molecule has 40 heavy (non-hydrogen) atoms. The summed E-state index contributed by atoms with van der Waals surface area (Å²) in [5.74, 6) is -1.95. The van der Waals surface area contributed by atoms with E-state index >= 15 is 0 Å². The molecule has 2 heterocycles. The van der Waals surface area contributed by atoms with E-state index in [-0.39, 0.29) is 24.1 Å². The molecule has 10 heteroatoms. The minimum Gasteiger partial charge on any atom is -0.478 e. The van der Waals surface area contributed by atoms with E-state index in [1.54, 1.807) is 42.6 Å². The molecule has 0 aliphatic heterocycles. The van der Waals surface area contributed by atoms with Crippen LogP contribution in [-0.4, -0.2) is 26.6 Å². The number of halogens is 4.